The molecule has 0 aromatic carbocycles. The first-order valence-corrected chi connectivity index (χ1v) is 12.3. The van der Waals surface area contributed by atoms with E-state index in [4.69, 9.17) is 0 Å². The molecule has 9 heteroatoms. The molecule has 1 fully saturated rings. The Kier molecular flexibility index (Phi) is 6.44. The third-order valence-electron chi connectivity index (χ3n) is 4.77. The van der Waals surface area contributed by atoms with Crippen LogP contribution in [0.25, 0.3) is 5.65 Å². The van der Waals surface area contributed by atoms with Crippen molar-refractivity contribution in [3.05, 3.63) is 46.0 Å². The molecule has 7 nitrogen and oxygen atoms in total. The summed E-state index contributed by atoms with van der Waals surface area (Å²) in [6, 6.07) is 4.99. The van der Waals surface area contributed by atoms with E-state index in [0.717, 1.165) is 12.0 Å². The molecule has 1 atom stereocenters. The number of aryl methyl sites for hydroxylation is 1. The number of fused-ring (bicyclic) bond motifs is 1. The molecular weight excluding hydrogens is 398 g/mol. The Hall–Kier alpha value is -1.87. The highest BCUT2D eigenvalue weighted by atomic mass is 32.2. The van der Waals surface area contributed by atoms with E-state index in [1.165, 1.54) is 22.2 Å². The van der Waals surface area contributed by atoms with Crippen molar-refractivity contribution in [2.75, 3.05) is 23.8 Å². The van der Waals surface area contributed by atoms with Crippen molar-refractivity contribution in [2.45, 2.75) is 38.5 Å². The lowest BCUT2D eigenvalue weighted by Gasteiger charge is -2.27. The molecule has 0 spiro atoms. The molecule has 0 N–H and O–H groups in total. The lowest BCUT2D eigenvalue weighted by molar-refractivity contribution is -0.130. The topological polar surface area (TPSA) is 88.8 Å². The molecule has 1 aliphatic rings. The fraction of sp³-hybridized carbons (Fsp3) is 0.526. The Morgan fingerprint density at radius 1 is 1.39 bits per heavy atom. The predicted octanol–water partition coefficient (Wildman–Crippen LogP) is 1.66. The molecule has 3 rings (SSSR count). The smallest absolute Gasteiger partial charge is 0.258 e. The molecule has 0 saturated carbocycles. The second kappa shape index (κ2) is 8.65. The average molecular weight is 424 g/mol. The number of nitrogens with zero attached hydrogens (tertiary/aromatic N) is 3. The summed E-state index contributed by atoms with van der Waals surface area (Å²) in [5.74, 6) is 0.857. The number of carbonyl (C=O) groups excluding carboxylic acids is 1. The zero-order valence-electron chi connectivity index (χ0n) is 16.1. The minimum Gasteiger partial charge on any atom is -0.338 e. The molecule has 0 unspecified atom stereocenters. The Morgan fingerprint density at radius 3 is 2.86 bits per heavy atom. The first-order valence-electron chi connectivity index (χ1n) is 9.35. The molecule has 0 aliphatic carbocycles. The predicted molar refractivity (Wildman–Crippen MR) is 111 cm³/mol. The van der Waals surface area contributed by atoms with Gasteiger partial charge in [0.1, 0.15) is 5.65 Å². The number of rotatable bonds is 7. The molecular formula is C19H25N3O4S2. The van der Waals surface area contributed by atoms with Gasteiger partial charge in [-0.15, -0.1) is 11.8 Å². The lowest BCUT2D eigenvalue weighted by atomic mass is 10.2. The maximum Gasteiger partial charge on any atom is 0.258 e. The fourth-order valence-corrected chi connectivity index (χ4v) is 5.96. The van der Waals surface area contributed by atoms with E-state index in [2.05, 4.69) is 4.98 Å². The Labute approximate surface area is 169 Å². The van der Waals surface area contributed by atoms with Gasteiger partial charge in [-0.1, -0.05) is 13.0 Å². The van der Waals surface area contributed by atoms with Crippen molar-refractivity contribution >= 4 is 33.2 Å². The number of carbonyl (C=O) groups is 1. The summed E-state index contributed by atoms with van der Waals surface area (Å²) in [5.41, 5.74) is 2.06. The largest absolute Gasteiger partial charge is 0.338 e. The Balaban J connectivity index is 1.63. The monoisotopic (exact) mass is 423 g/mol. The SMILES string of the molecule is CCCN(C(=O)CSCc1cc(=O)n2cc(C)ccc2n1)[C@H]1CCS(=O)(=O)C1. The standard InChI is InChI=1S/C19H25N3O4S2/c1-3-7-21(16-6-8-28(25,26)13-16)19(24)12-27-11-15-9-18(23)22-10-14(2)4-5-17(22)20-15/h4-5,9-10,16H,3,6-8,11-13H2,1-2H3/t16-/m0/s1. The molecule has 28 heavy (non-hydrogen) atoms. The van der Waals surface area contributed by atoms with E-state index >= 15 is 0 Å². The second-order valence-electron chi connectivity index (χ2n) is 7.16. The number of hydrogen-bond donors (Lipinski definition) is 0. The van der Waals surface area contributed by atoms with Gasteiger partial charge >= 0.3 is 0 Å². The van der Waals surface area contributed by atoms with Gasteiger partial charge in [-0.2, -0.15) is 0 Å². The van der Waals surface area contributed by atoms with Crippen LogP contribution >= 0.6 is 11.8 Å². The van der Waals surface area contributed by atoms with Crippen molar-refractivity contribution in [2.24, 2.45) is 0 Å². The van der Waals surface area contributed by atoms with Crippen LogP contribution in [0.15, 0.2) is 29.2 Å². The molecule has 3 heterocycles. The van der Waals surface area contributed by atoms with Crippen molar-refractivity contribution < 1.29 is 13.2 Å². The highest BCUT2D eigenvalue weighted by Crippen LogP contribution is 2.20. The van der Waals surface area contributed by atoms with Crippen LogP contribution in [0.2, 0.25) is 0 Å². The maximum absolute atomic E-state index is 12.7. The van der Waals surface area contributed by atoms with Crippen LogP contribution in [-0.2, 0) is 20.4 Å². The van der Waals surface area contributed by atoms with Gasteiger partial charge in [-0.3, -0.25) is 14.0 Å². The summed E-state index contributed by atoms with van der Waals surface area (Å²) in [6.45, 7) is 4.46. The van der Waals surface area contributed by atoms with E-state index in [9.17, 15) is 18.0 Å². The number of hydrogen-bond acceptors (Lipinski definition) is 6. The van der Waals surface area contributed by atoms with Crippen LogP contribution in [-0.4, -0.2) is 58.5 Å². The molecule has 1 aliphatic heterocycles. The third-order valence-corrected chi connectivity index (χ3v) is 7.47. The van der Waals surface area contributed by atoms with E-state index < -0.39 is 9.84 Å². The van der Waals surface area contributed by atoms with Crippen molar-refractivity contribution in [1.29, 1.82) is 0 Å². The van der Waals surface area contributed by atoms with Crippen LogP contribution in [0.3, 0.4) is 0 Å². The molecule has 152 valence electrons. The molecule has 1 saturated heterocycles. The van der Waals surface area contributed by atoms with Gasteiger partial charge in [0, 0.05) is 30.6 Å². The third kappa shape index (κ3) is 4.94. The summed E-state index contributed by atoms with van der Waals surface area (Å²) in [5, 5.41) is 0. The zero-order valence-corrected chi connectivity index (χ0v) is 17.8. The number of aromatic nitrogens is 2. The van der Waals surface area contributed by atoms with Gasteiger partial charge in [0.2, 0.25) is 5.91 Å². The van der Waals surface area contributed by atoms with Gasteiger partial charge < -0.3 is 4.90 Å². The fourth-order valence-electron chi connectivity index (χ4n) is 3.43. The number of thioether (sulfide) groups is 1. The summed E-state index contributed by atoms with van der Waals surface area (Å²) < 4.78 is 25.0. The van der Waals surface area contributed by atoms with Crippen LogP contribution in [0.5, 0.6) is 0 Å². The molecule has 0 radical (unpaired) electrons. The minimum atomic E-state index is -3.03. The molecule has 1 amide bonds. The number of sulfone groups is 1. The first-order chi connectivity index (χ1) is 13.3. The van der Waals surface area contributed by atoms with Crippen molar-refractivity contribution in [3.8, 4) is 0 Å². The Bertz CT molecular complexity index is 1030. The van der Waals surface area contributed by atoms with Gasteiger partial charge in [0.05, 0.1) is 23.0 Å². The quantitative estimate of drug-likeness (QED) is 0.673. The molecule has 2 aromatic rings. The van der Waals surface area contributed by atoms with Gasteiger partial charge in [0.25, 0.3) is 5.56 Å². The summed E-state index contributed by atoms with van der Waals surface area (Å²) in [4.78, 5) is 31.1. The minimum absolute atomic E-state index is 0.0536. The number of amides is 1. The highest BCUT2D eigenvalue weighted by molar-refractivity contribution is 7.99. The number of pyridine rings is 1. The van der Waals surface area contributed by atoms with E-state index in [1.54, 1.807) is 17.2 Å². The van der Waals surface area contributed by atoms with Crippen LogP contribution in [0.4, 0.5) is 0 Å². The van der Waals surface area contributed by atoms with E-state index in [1.807, 2.05) is 19.9 Å². The van der Waals surface area contributed by atoms with Crippen molar-refractivity contribution in [3.63, 3.8) is 0 Å². The van der Waals surface area contributed by atoms with E-state index in [-0.39, 0.29) is 34.8 Å². The average Bonchev–Trinajstić information content (AvgIpc) is 2.99. The van der Waals surface area contributed by atoms with Crippen LogP contribution < -0.4 is 5.56 Å². The summed E-state index contributed by atoms with van der Waals surface area (Å²) in [7, 11) is -3.03. The maximum atomic E-state index is 12.7. The highest BCUT2D eigenvalue weighted by Gasteiger charge is 2.34. The Morgan fingerprint density at radius 2 is 2.18 bits per heavy atom. The summed E-state index contributed by atoms with van der Waals surface area (Å²) >= 11 is 1.40. The van der Waals surface area contributed by atoms with Crippen LogP contribution in [0, 0.1) is 6.92 Å². The van der Waals surface area contributed by atoms with Crippen molar-refractivity contribution in [1.82, 2.24) is 14.3 Å². The first kappa shape index (κ1) is 20.9. The van der Waals surface area contributed by atoms with Crippen LogP contribution in [0.1, 0.15) is 31.0 Å². The van der Waals surface area contributed by atoms with E-state index in [0.29, 0.717) is 30.1 Å². The van der Waals surface area contributed by atoms with Gasteiger partial charge in [0.15, 0.2) is 9.84 Å². The summed E-state index contributed by atoms with van der Waals surface area (Å²) in [6.07, 6.45) is 3.06. The van der Waals surface area contributed by atoms with Gasteiger partial charge in [-0.25, -0.2) is 13.4 Å². The molecule has 2 aromatic heterocycles. The van der Waals surface area contributed by atoms with Gasteiger partial charge in [-0.05, 0) is 31.4 Å². The normalized spacial score (nSPS) is 18.4. The lowest BCUT2D eigenvalue weighted by Crippen LogP contribution is -2.42. The zero-order chi connectivity index (χ0) is 20.3. The second-order valence-corrected chi connectivity index (χ2v) is 10.4. The molecule has 0 bridgehead atoms.